The monoisotopic (exact) mass is 407 g/mol. The third-order valence-corrected chi connectivity index (χ3v) is 6.72. The molecule has 1 aliphatic heterocycles. The highest BCUT2D eigenvalue weighted by atomic mass is 32.2. The first kappa shape index (κ1) is 20.2. The molecule has 9 heteroatoms. The van der Waals surface area contributed by atoms with Gasteiger partial charge in [0.2, 0.25) is 10.0 Å². The molecule has 0 radical (unpaired) electrons. The van der Waals surface area contributed by atoms with E-state index in [1.165, 1.54) is 51.5 Å². The highest BCUT2D eigenvalue weighted by Crippen LogP contribution is 2.13. The molecule has 2 heterocycles. The second-order valence-corrected chi connectivity index (χ2v) is 8.70. The van der Waals surface area contributed by atoms with Crippen LogP contribution in [0.25, 0.3) is 5.69 Å². The number of halogens is 1. The van der Waals surface area contributed by atoms with E-state index in [4.69, 9.17) is 0 Å². The predicted octanol–water partition coefficient (Wildman–Crippen LogP) is 1.47. The molecule has 1 aromatic heterocycles. The van der Waals surface area contributed by atoms with Crippen LogP contribution < -0.4 is 5.56 Å². The van der Waals surface area contributed by atoms with E-state index < -0.39 is 15.8 Å². The van der Waals surface area contributed by atoms with Gasteiger partial charge in [-0.3, -0.25) is 14.2 Å². The van der Waals surface area contributed by atoms with Crippen molar-refractivity contribution in [3.8, 4) is 5.69 Å². The molecule has 1 amide bonds. The summed E-state index contributed by atoms with van der Waals surface area (Å²) in [6.07, 6.45) is 1.98. The Morgan fingerprint density at radius 2 is 1.68 bits per heavy atom. The Labute approximate surface area is 163 Å². The smallest absolute Gasteiger partial charge is 0.255 e. The second kappa shape index (κ2) is 8.24. The standard InChI is InChI=1S/C19H22FN3O4S/c1-2-13-28(26,27)22-11-9-21(10-12-22)19(25)15-3-8-18(24)23(14-15)17-6-4-16(20)5-7-17/h3-8,14H,2,9-13H2,1H3. The Hall–Kier alpha value is -2.52. The number of rotatable bonds is 5. The van der Waals surface area contributed by atoms with E-state index in [0.29, 0.717) is 17.7 Å². The van der Waals surface area contributed by atoms with Gasteiger partial charge in [0.15, 0.2) is 0 Å². The van der Waals surface area contributed by atoms with Gasteiger partial charge < -0.3 is 4.90 Å². The topological polar surface area (TPSA) is 79.7 Å². The largest absolute Gasteiger partial charge is 0.336 e. The summed E-state index contributed by atoms with van der Waals surface area (Å²) in [5.74, 6) is -0.591. The quantitative estimate of drug-likeness (QED) is 0.752. The van der Waals surface area contributed by atoms with Crippen LogP contribution in [0.15, 0.2) is 47.4 Å². The van der Waals surface area contributed by atoms with Gasteiger partial charge in [0.1, 0.15) is 5.82 Å². The summed E-state index contributed by atoms with van der Waals surface area (Å²) in [4.78, 5) is 26.5. The van der Waals surface area contributed by atoms with Gasteiger partial charge in [-0.1, -0.05) is 6.92 Å². The van der Waals surface area contributed by atoms with Crippen LogP contribution in [0.1, 0.15) is 23.7 Å². The van der Waals surface area contributed by atoms with E-state index in [2.05, 4.69) is 0 Å². The van der Waals surface area contributed by atoms with Gasteiger partial charge in [0, 0.05) is 44.1 Å². The van der Waals surface area contributed by atoms with Gasteiger partial charge in [-0.2, -0.15) is 4.31 Å². The number of hydrogen-bond acceptors (Lipinski definition) is 4. The van der Waals surface area contributed by atoms with Crippen LogP contribution in [-0.2, 0) is 10.0 Å². The van der Waals surface area contributed by atoms with Crippen molar-refractivity contribution in [2.45, 2.75) is 13.3 Å². The molecule has 0 N–H and O–H groups in total. The van der Waals surface area contributed by atoms with Crippen molar-refractivity contribution in [3.05, 3.63) is 64.3 Å². The minimum Gasteiger partial charge on any atom is -0.336 e. The third-order valence-electron chi connectivity index (χ3n) is 4.64. The first-order chi connectivity index (χ1) is 13.3. The number of hydrogen-bond donors (Lipinski definition) is 0. The van der Waals surface area contributed by atoms with Gasteiger partial charge >= 0.3 is 0 Å². The number of carbonyl (C=O) groups excluding carboxylic acids is 1. The molecule has 1 saturated heterocycles. The zero-order valence-corrected chi connectivity index (χ0v) is 16.4. The van der Waals surface area contributed by atoms with Gasteiger partial charge in [-0.25, -0.2) is 12.8 Å². The Kier molecular flexibility index (Phi) is 5.95. The summed E-state index contributed by atoms with van der Waals surface area (Å²) >= 11 is 0. The van der Waals surface area contributed by atoms with E-state index in [-0.39, 0.29) is 43.4 Å². The SMILES string of the molecule is CCCS(=O)(=O)N1CCN(C(=O)c2ccc(=O)n(-c3ccc(F)cc3)c2)CC1. The van der Waals surface area contributed by atoms with Crippen LogP contribution in [0.2, 0.25) is 0 Å². The minimum absolute atomic E-state index is 0.101. The van der Waals surface area contributed by atoms with Crippen molar-refractivity contribution in [3.63, 3.8) is 0 Å². The van der Waals surface area contributed by atoms with Gasteiger partial charge in [-0.05, 0) is 36.8 Å². The van der Waals surface area contributed by atoms with Crippen molar-refractivity contribution in [2.24, 2.45) is 0 Å². The van der Waals surface area contributed by atoms with Crippen molar-refractivity contribution < 1.29 is 17.6 Å². The minimum atomic E-state index is -3.28. The Morgan fingerprint density at radius 3 is 2.29 bits per heavy atom. The lowest BCUT2D eigenvalue weighted by Crippen LogP contribution is -2.51. The van der Waals surface area contributed by atoms with Gasteiger partial charge in [0.05, 0.1) is 11.3 Å². The molecule has 0 atom stereocenters. The summed E-state index contributed by atoms with van der Waals surface area (Å²) in [5.41, 5.74) is 0.434. The average molecular weight is 407 g/mol. The van der Waals surface area contributed by atoms with Crippen LogP contribution >= 0.6 is 0 Å². The second-order valence-electron chi connectivity index (χ2n) is 6.61. The van der Waals surface area contributed by atoms with E-state index in [0.717, 1.165) is 0 Å². The molecule has 0 bridgehead atoms. The molecular formula is C19H22FN3O4S. The van der Waals surface area contributed by atoms with Gasteiger partial charge in [-0.15, -0.1) is 0 Å². The maximum absolute atomic E-state index is 13.1. The molecule has 2 aromatic rings. The fourth-order valence-corrected chi connectivity index (χ4v) is 4.65. The number of amides is 1. The molecule has 1 aromatic carbocycles. The molecule has 28 heavy (non-hydrogen) atoms. The highest BCUT2D eigenvalue weighted by Gasteiger charge is 2.28. The van der Waals surface area contributed by atoms with Crippen LogP contribution in [0.5, 0.6) is 0 Å². The van der Waals surface area contributed by atoms with Crippen molar-refractivity contribution >= 4 is 15.9 Å². The van der Waals surface area contributed by atoms with Gasteiger partial charge in [0.25, 0.3) is 11.5 Å². The number of benzene rings is 1. The molecule has 150 valence electrons. The van der Waals surface area contributed by atoms with Crippen molar-refractivity contribution in [1.29, 1.82) is 0 Å². The molecule has 0 aliphatic carbocycles. The lowest BCUT2D eigenvalue weighted by Gasteiger charge is -2.34. The molecule has 0 saturated carbocycles. The Bertz CT molecular complexity index is 1010. The van der Waals surface area contributed by atoms with Crippen LogP contribution in [0.4, 0.5) is 4.39 Å². The van der Waals surface area contributed by atoms with Crippen LogP contribution in [-0.4, -0.2) is 60.0 Å². The lowest BCUT2D eigenvalue weighted by molar-refractivity contribution is 0.0697. The normalized spacial score (nSPS) is 15.6. The summed E-state index contributed by atoms with van der Waals surface area (Å²) in [5, 5.41) is 0. The molecule has 0 spiro atoms. The zero-order valence-electron chi connectivity index (χ0n) is 15.5. The molecule has 1 aliphatic rings. The predicted molar refractivity (Wildman–Crippen MR) is 104 cm³/mol. The summed E-state index contributed by atoms with van der Waals surface area (Å²) in [6, 6.07) is 8.15. The Morgan fingerprint density at radius 1 is 1.04 bits per heavy atom. The first-order valence-electron chi connectivity index (χ1n) is 9.07. The molecule has 3 rings (SSSR count). The third kappa shape index (κ3) is 4.31. The number of piperazine rings is 1. The van der Waals surface area contributed by atoms with Crippen LogP contribution in [0.3, 0.4) is 0 Å². The fourth-order valence-electron chi connectivity index (χ4n) is 3.16. The van der Waals surface area contributed by atoms with E-state index >= 15 is 0 Å². The number of sulfonamides is 1. The van der Waals surface area contributed by atoms with Crippen LogP contribution in [0, 0.1) is 5.82 Å². The number of nitrogens with zero attached hydrogens (tertiary/aromatic N) is 3. The van der Waals surface area contributed by atoms with E-state index in [9.17, 15) is 22.4 Å². The maximum atomic E-state index is 13.1. The molecular weight excluding hydrogens is 385 g/mol. The van der Waals surface area contributed by atoms with E-state index in [1.807, 2.05) is 6.92 Å². The number of carbonyl (C=O) groups is 1. The number of pyridine rings is 1. The lowest BCUT2D eigenvalue weighted by atomic mass is 10.2. The molecule has 7 nitrogen and oxygen atoms in total. The van der Waals surface area contributed by atoms with E-state index in [1.54, 1.807) is 4.90 Å². The first-order valence-corrected chi connectivity index (χ1v) is 10.7. The maximum Gasteiger partial charge on any atom is 0.255 e. The zero-order chi connectivity index (χ0) is 20.3. The summed E-state index contributed by atoms with van der Waals surface area (Å²) in [7, 11) is -3.28. The fraction of sp³-hybridized carbons (Fsp3) is 0.368. The molecule has 0 unspecified atom stereocenters. The highest BCUT2D eigenvalue weighted by molar-refractivity contribution is 7.89. The van der Waals surface area contributed by atoms with Crippen molar-refractivity contribution in [2.75, 3.05) is 31.9 Å². The van der Waals surface area contributed by atoms with Crippen molar-refractivity contribution in [1.82, 2.24) is 13.8 Å². The average Bonchev–Trinajstić information content (AvgIpc) is 2.69. The number of aromatic nitrogens is 1. The summed E-state index contributed by atoms with van der Waals surface area (Å²) < 4.78 is 40.1. The Balaban J connectivity index is 1.76. The summed E-state index contributed by atoms with van der Waals surface area (Å²) in [6.45, 7) is 2.90. The molecule has 1 fully saturated rings.